The molecule has 0 N–H and O–H groups in total. The third kappa shape index (κ3) is 6.63. The minimum atomic E-state index is 1.08. The number of benzene rings is 11. The summed E-state index contributed by atoms with van der Waals surface area (Å²) in [6.45, 7) is 0. The largest absolute Gasteiger partial charge is 0.309 e. The summed E-state index contributed by atoms with van der Waals surface area (Å²) in [6, 6.07) is 90.7. The highest BCUT2D eigenvalue weighted by Crippen LogP contribution is 2.52. The standard InChI is InChI=1S/C60H41N/c1-5-17-42(18-6-1)43-31-35-51(36-32-43)61(56-39-34-45-20-14-16-28-54(45)58(56)46-21-7-2-8-22-46)57-40-38-55(50-33-37-53-49(41-50)30-29-44-19-13-15-27-52(44)53)59(47-23-9-3-10-24-47)60(57)48-25-11-4-12-26-48/h1-41H. The van der Waals surface area contributed by atoms with Crippen LogP contribution in [0.15, 0.2) is 249 Å². The van der Waals surface area contributed by atoms with Gasteiger partial charge >= 0.3 is 0 Å². The zero-order valence-electron chi connectivity index (χ0n) is 33.6. The van der Waals surface area contributed by atoms with Gasteiger partial charge < -0.3 is 4.90 Å². The first-order valence-electron chi connectivity index (χ1n) is 21.0. The van der Waals surface area contributed by atoms with Gasteiger partial charge in [-0.2, -0.15) is 0 Å². The summed E-state index contributed by atoms with van der Waals surface area (Å²) in [6.07, 6.45) is 0. The van der Waals surface area contributed by atoms with Crippen LogP contribution >= 0.6 is 0 Å². The van der Waals surface area contributed by atoms with Gasteiger partial charge in [-0.1, -0.05) is 218 Å². The van der Waals surface area contributed by atoms with Crippen molar-refractivity contribution in [2.75, 3.05) is 4.90 Å². The molecule has 0 amide bonds. The van der Waals surface area contributed by atoms with E-state index in [2.05, 4.69) is 254 Å². The van der Waals surface area contributed by atoms with Gasteiger partial charge in [0.25, 0.3) is 0 Å². The molecule has 0 saturated heterocycles. The van der Waals surface area contributed by atoms with E-state index in [4.69, 9.17) is 0 Å². The molecule has 0 atom stereocenters. The Morgan fingerprint density at radius 2 is 0.656 bits per heavy atom. The van der Waals surface area contributed by atoms with E-state index < -0.39 is 0 Å². The van der Waals surface area contributed by atoms with Crippen LogP contribution in [-0.4, -0.2) is 0 Å². The molecule has 0 aliphatic carbocycles. The van der Waals surface area contributed by atoms with Crippen molar-refractivity contribution in [3.8, 4) is 55.6 Å². The second kappa shape index (κ2) is 15.6. The Morgan fingerprint density at radius 3 is 1.31 bits per heavy atom. The summed E-state index contributed by atoms with van der Waals surface area (Å²) >= 11 is 0. The molecular formula is C60H41N. The average Bonchev–Trinajstić information content (AvgIpc) is 3.35. The van der Waals surface area contributed by atoms with Crippen LogP contribution in [0.5, 0.6) is 0 Å². The van der Waals surface area contributed by atoms with Gasteiger partial charge in [0.1, 0.15) is 0 Å². The number of nitrogens with zero attached hydrogens (tertiary/aromatic N) is 1. The molecule has 0 radical (unpaired) electrons. The van der Waals surface area contributed by atoms with E-state index in [9.17, 15) is 0 Å². The summed E-state index contributed by atoms with van der Waals surface area (Å²) < 4.78 is 0. The van der Waals surface area contributed by atoms with Gasteiger partial charge in [-0.25, -0.2) is 0 Å². The normalized spacial score (nSPS) is 11.3. The Balaban J connectivity index is 1.23. The lowest BCUT2D eigenvalue weighted by molar-refractivity contribution is 1.29. The van der Waals surface area contributed by atoms with Crippen molar-refractivity contribution in [2.45, 2.75) is 0 Å². The predicted octanol–water partition coefficient (Wildman–Crippen LogP) is 17.0. The van der Waals surface area contributed by atoms with Gasteiger partial charge in [-0.05, 0) is 107 Å². The first kappa shape index (κ1) is 36.1. The SMILES string of the molecule is c1ccc(-c2ccc(N(c3ccc(-c4ccc5c(ccc6ccccc65)c4)c(-c4ccccc4)c3-c3ccccc3)c3ccc4ccccc4c3-c3ccccc3)cc2)cc1. The fraction of sp³-hybridized carbons (Fsp3) is 0. The third-order valence-electron chi connectivity index (χ3n) is 12.0. The molecule has 0 heterocycles. The van der Waals surface area contributed by atoms with Gasteiger partial charge in [0, 0.05) is 16.8 Å². The van der Waals surface area contributed by atoms with E-state index in [1.165, 1.54) is 76.8 Å². The van der Waals surface area contributed by atoms with Crippen molar-refractivity contribution in [3.05, 3.63) is 249 Å². The number of rotatable bonds is 8. The molecule has 11 rings (SSSR count). The molecule has 0 aliphatic heterocycles. The Hall–Kier alpha value is -8.00. The molecule has 0 aromatic heterocycles. The van der Waals surface area contributed by atoms with E-state index in [-0.39, 0.29) is 0 Å². The second-order valence-corrected chi connectivity index (χ2v) is 15.6. The predicted molar refractivity (Wildman–Crippen MR) is 261 cm³/mol. The summed E-state index contributed by atoms with van der Waals surface area (Å²) in [7, 11) is 0. The maximum atomic E-state index is 2.49. The van der Waals surface area contributed by atoms with Gasteiger partial charge in [0.05, 0.1) is 11.4 Å². The Morgan fingerprint density at radius 1 is 0.230 bits per heavy atom. The van der Waals surface area contributed by atoms with Gasteiger partial charge in [-0.15, -0.1) is 0 Å². The second-order valence-electron chi connectivity index (χ2n) is 15.6. The highest BCUT2D eigenvalue weighted by Gasteiger charge is 2.26. The van der Waals surface area contributed by atoms with Crippen LogP contribution < -0.4 is 4.90 Å². The van der Waals surface area contributed by atoms with Crippen LogP contribution in [0.25, 0.3) is 88.0 Å². The fourth-order valence-corrected chi connectivity index (χ4v) is 9.20. The lowest BCUT2D eigenvalue weighted by Crippen LogP contribution is -2.13. The lowest BCUT2D eigenvalue weighted by Gasteiger charge is -2.32. The number of fused-ring (bicyclic) bond motifs is 4. The van der Waals surface area contributed by atoms with Gasteiger partial charge in [0.15, 0.2) is 0 Å². The van der Waals surface area contributed by atoms with Crippen molar-refractivity contribution < 1.29 is 0 Å². The molecule has 0 bridgehead atoms. The number of hydrogen-bond acceptors (Lipinski definition) is 1. The molecule has 0 aliphatic rings. The molecule has 0 spiro atoms. The molecule has 286 valence electrons. The van der Waals surface area contributed by atoms with Gasteiger partial charge in [0.2, 0.25) is 0 Å². The topological polar surface area (TPSA) is 3.24 Å². The van der Waals surface area contributed by atoms with Crippen molar-refractivity contribution in [1.29, 1.82) is 0 Å². The first-order chi connectivity index (χ1) is 30.3. The van der Waals surface area contributed by atoms with Crippen LogP contribution in [0.3, 0.4) is 0 Å². The zero-order valence-corrected chi connectivity index (χ0v) is 33.6. The zero-order chi connectivity index (χ0) is 40.5. The Labute approximate surface area is 357 Å². The van der Waals surface area contributed by atoms with Crippen molar-refractivity contribution in [2.24, 2.45) is 0 Å². The van der Waals surface area contributed by atoms with E-state index in [0.717, 1.165) is 28.2 Å². The lowest BCUT2D eigenvalue weighted by atomic mass is 9.85. The van der Waals surface area contributed by atoms with E-state index in [1.807, 2.05) is 0 Å². The minimum absolute atomic E-state index is 1.08. The molecule has 0 fully saturated rings. The summed E-state index contributed by atoms with van der Waals surface area (Å²) in [5.41, 5.74) is 15.1. The maximum Gasteiger partial charge on any atom is 0.0546 e. The molecule has 0 saturated carbocycles. The minimum Gasteiger partial charge on any atom is -0.309 e. The molecule has 1 heteroatoms. The van der Waals surface area contributed by atoms with Crippen LogP contribution in [-0.2, 0) is 0 Å². The third-order valence-corrected chi connectivity index (χ3v) is 12.0. The van der Waals surface area contributed by atoms with Crippen LogP contribution in [0.4, 0.5) is 17.1 Å². The van der Waals surface area contributed by atoms with E-state index in [1.54, 1.807) is 0 Å². The Bertz CT molecular complexity index is 3320. The van der Waals surface area contributed by atoms with Crippen LogP contribution in [0.2, 0.25) is 0 Å². The molecule has 11 aromatic rings. The van der Waals surface area contributed by atoms with E-state index >= 15 is 0 Å². The average molecular weight is 776 g/mol. The summed E-state index contributed by atoms with van der Waals surface area (Å²) in [5, 5.41) is 7.43. The summed E-state index contributed by atoms with van der Waals surface area (Å²) in [5.74, 6) is 0. The monoisotopic (exact) mass is 775 g/mol. The highest BCUT2D eigenvalue weighted by molar-refractivity contribution is 6.11. The Kier molecular flexibility index (Phi) is 9.26. The van der Waals surface area contributed by atoms with E-state index in [0.29, 0.717) is 0 Å². The first-order valence-corrected chi connectivity index (χ1v) is 21.0. The summed E-state index contributed by atoms with van der Waals surface area (Å²) in [4.78, 5) is 2.49. The fourth-order valence-electron chi connectivity index (χ4n) is 9.20. The molecule has 61 heavy (non-hydrogen) atoms. The van der Waals surface area contributed by atoms with Crippen molar-refractivity contribution >= 4 is 49.4 Å². The maximum absolute atomic E-state index is 2.49. The smallest absolute Gasteiger partial charge is 0.0546 e. The van der Waals surface area contributed by atoms with Crippen molar-refractivity contribution in [3.63, 3.8) is 0 Å². The van der Waals surface area contributed by atoms with Crippen LogP contribution in [0, 0.1) is 0 Å². The quantitative estimate of drug-likeness (QED) is 0.139. The highest BCUT2D eigenvalue weighted by atomic mass is 15.1. The van der Waals surface area contributed by atoms with Crippen molar-refractivity contribution in [1.82, 2.24) is 0 Å². The van der Waals surface area contributed by atoms with Gasteiger partial charge in [-0.3, -0.25) is 0 Å². The number of hydrogen-bond donors (Lipinski definition) is 0. The molecular weight excluding hydrogens is 735 g/mol. The molecule has 11 aromatic carbocycles. The molecule has 0 unspecified atom stereocenters. The molecule has 1 nitrogen and oxygen atoms in total. The number of anilines is 3. The van der Waals surface area contributed by atoms with Crippen LogP contribution in [0.1, 0.15) is 0 Å².